The maximum atomic E-state index is 14.7. The van der Waals surface area contributed by atoms with Gasteiger partial charge in [0.1, 0.15) is 11.6 Å². The molecule has 166 valence electrons. The largest absolute Gasteiger partial charge is 0.369 e. The van der Waals surface area contributed by atoms with Gasteiger partial charge >= 0.3 is 0 Å². The van der Waals surface area contributed by atoms with E-state index >= 15 is 0 Å². The van der Waals surface area contributed by atoms with Gasteiger partial charge in [-0.15, -0.1) is 0 Å². The zero-order valence-corrected chi connectivity index (χ0v) is 19.5. The van der Waals surface area contributed by atoms with Crippen LogP contribution >= 0.6 is 15.9 Å². The van der Waals surface area contributed by atoms with Crippen LogP contribution in [-0.4, -0.2) is 29.0 Å². The molecular weight excluding hydrogens is 471 g/mol. The number of nitrogens with zero attached hydrogens (tertiary/aromatic N) is 4. The van der Waals surface area contributed by atoms with E-state index in [4.69, 9.17) is 4.98 Å². The molecule has 0 bridgehead atoms. The van der Waals surface area contributed by atoms with E-state index < -0.39 is 0 Å². The first kappa shape index (κ1) is 21.3. The van der Waals surface area contributed by atoms with Crippen molar-refractivity contribution in [2.45, 2.75) is 50.9 Å². The van der Waals surface area contributed by atoms with Crippen LogP contribution in [0, 0.1) is 5.82 Å². The minimum Gasteiger partial charge on any atom is -0.369 e. The predicted octanol–water partition coefficient (Wildman–Crippen LogP) is 5.83. The Kier molecular flexibility index (Phi) is 6.09. The third-order valence-corrected chi connectivity index (χ3v) is 7.04. The Balaban J connectivity index is 1.54. The van der Waals surface area contributed by atoms with Gasteiger partial charge in [0.2, 0.25) is 0 Å². The highest BCUT2D eigenvalue weighted by molar-refractivity contribution is 9.10. The van der Waals surface area contributed by atoms with Crippen molar-refractivity contribution in [3.8, 4) is 0 Å². The molecule has 0 spiro atoms. The minimum absolute atomic E-state index is 0.192. The Morgan fingerprint density at radius 2 is 1.81 bits per heavy atom. The molecule has 2 aliphatic rings. The predicted molar refractivity (Wildman–Crippen MR) is 130 cm³/mol. The fraction of sp³-hybridized carbons (Fsp3) is 0.400. The van der Waals surface area contributed by atoms with Gasteiger partial charge in [-0.3, -0.25) is 4.79 Å². The number of anilines is 1. The van der Waals surface area contributed by atoms with Crippen LogP contribution in [0.4, 0.5) is 10.1 Å². The van der Waals surface area contributed by atoms with E-state index in [1.54, 1.807) is 12.3 Å². The van der Waals surface area contributed by atoms with Gasteiger partial charge in [0.05, 0.1) is 22.8 Å². The van der Waals surface area contributed by atoms with Crippen molar-refractivity contribution < 1.29 is 4.39 Å². The van der Waals surface area contributed by atoms with Crippen molar-refractivity contribution in [2.24, 2.45) is 5.10 Å². The average molecular weight is 497 g/mol. The summed E-state index contributed by atoms with van der Waals surface area (Å²) in [5, 5.41) is 5.04. The molecule has 5 rings (SSSR count). The highest BCUT2D eigenvalue weighted by atomic mass is 79.9. The Morgan fingerprint density at radius 3 is 2.56 bits per heavy atom. The summed E-state index contributed by atoms with van der Waals surface area (Å²) in [5.41, 5.74) is 1.76. The van der Waals surface area contributed by atoms with Crippen LogP contribution in [0.1, 0.15) is 62.3 Å². The molecule has 0 amide bonds. The molecular formula is C25H26BrFN4O. The molecule has 3 aromatic rings. The van der Waals surface area contributed by atoms with Crippen LogP contribution in [-0.2, 0) is 0 Å². The third-order valence-electron chi connectivity index (χ3n) is 6.54. The summed E-state index contributed by atoms with van der Waals surface area (Å²) < 4.78 is 17.0. The van der Waals surface area contributed by atoms with Crippen LogP contribution in [0.15, 0.2) is 50.8 Å². The lowest BCUT2D eigenvalue weighted by Crippen LogP contribution is -2.25. The first-order chi connectivity index (χ1) is 15.6. The molecule has 2 aromatic carbocycles. The molecule has 2 heterocycles. The maximum Gasteiger partial charge on any atom is 0.282 e. The zero-order chi connectivity index (χ0) is 22.1. The molecule has 0 atom stereocenters. The Hall–Kier alpha value is -2.54. The molecule has 0 unspecified atom stereocenters. The summed E-state index contributed by atoms with van der Waals surface area (Å²) in [6, 6.07) is 10.7. The lowest BCUT2D eigenvalue weighted by Gasteiger charge is -2.22. The van der Waals surface area contributed by atoms with E-state index in [2.05, 4.69) is 25.9 Å². The van der Waals surface area contributed by atoms with Gasteiger partial charge in [-0.25, -0.2) is 9.37 Å². The van der Waals surface area contributed by atoms with Gasteiger partial charge in [0.15, 0.2) is 0 Å². The second kappa shape index (κ2) is 9.14. The number of fused-ring (bicyclic) bond motifs is 1. The van der Waals surface area contributed by atoms with Gasteiger partial charge in [-0.2, -0.15) is 9.78 Å². The monoisotopic (exact) mass is 496 g/mol. The van der Waals surface area contributed by atoms with Gasteiger partial charge in [-0.1, -0.05) is 41.3 Å². The van der Waals surface area contributed by atoms with Crippen molar-refractivity contribution in [3.63, 3.8) is 0 Å². The minimum atomic E-state index is -0.253. The van der Waals surface area contributed by atoms with Crippen molar-refractivity contribution in [3.05, 3.63) is 68.4 Å². The van der Waals surface area contributed by atoms with Crippen molar-refractivity contribution in [1.29, 1.82) is 0 Å². The SMILES string of the molecule is O=c1c2cc(Br)ccc2nc(C2CCCCC2)n1N=Cc1ccc(N2CCCC2)c(F)c1. The van der Waals surface area contributed by atoms with Crippen LogP contribution in [0.2, 0.25) is 0 Å². The van der Waals surface area contributed by atoms with Gasteiger partial charge in [0, 0.05) is 23.5 Å². The number of aromatic nitrogens is 2. The second-order valence-corrected chi connectivity index (χ2v) is 9.65. The van der Waals surface area contributed by atoms with Gasteiger partial charge in [0.25, 0.3) is 5.56 Å². The first-order valence-electron chi connectivity index (χ1n) is 11.4. The lowest BCUT2D eigenvalue weighted by atomic mass is 9.88. The summed E-state index contributed by atoms with van der Waals surface area (Å²) in [5.74, 6) is 0.655. The molecule has 1 aliphatic heterocycles. The molecule has 1 aromatic heterocycles. The third kappa shape index (κ3) is 4.22. The molecule has 7 heteroatoms. The fourth-order valence-corrected chi connectivity index (χ4v) is 5.21. The highest BCUT2D eigenvalue weighted by Gasteiger charge is 2.22. The number of rotatable bonds is 4. The van der Waals surface area contributed by atoms with Crippen molar-refractivity contribution >= 4 is 38.7 Å². The summed E-state index contributed by atoms with van der Waals surface area (Å²) in [6.45, 7) is 1.78. The van der Waals surface area contributed by atoms with E-state index in [1.807, 2.05) is 24.3 Å². The van der Waals surface area contributed by atoms with Gasteiger partial charge in [-0.05, 0) is 61.6 Å². The Labute approximate surface area is 195 Å². The lowest BCUT2D eigenvalue weighted by molar-refractivity contribution is 0.416. The van der Waals surface area contributed by atoms with E-state index in [0.717, 1.165) is 56.1 Å². The van der Waals surface area contributed by atoms with Crippen molar-refractivity contribution in [2.75, 3.05) is 18.0 Å². The van der Waals surface area contributed by atoms with E-state index in [9.17, 15) is 9.18 Å². The molecule has 0 N–H and O–H groups in total. The molecule has 5 nitrogen and oxygen atoms in total. The normalized spacial score (nSPS) is 17.6. The zero-order valence-electron chi connectivity index (χ0n) is 17.9. The highest BCUT2D eigenvalue weighted by Crippen LogP contribution is 2.32. The van der Waals surface area contributed by atoms with E-state index in [-0.39, 0.29) is 17.3 Å². The molecule has 1 saturated carbocycles. The van der Waals surface area contributed by atoms with Crippen LogP contribution < -0.4 is 10.5 Å². The van der Waals surface area contributed by atoms with Crippen LogP contribution in [0.3, 0.4) is 0 Å². The Bertz CT molecular complexity index is 1230. The topological polar surface area (TPSA) is 50.5 Å². The van der Waals surface area contributed by atoms with Gasteiger partial charge < -0.3 is 4.90 Å². The smallest absolute Gasteiger partial charge is 0.282 e. The van der Waals surface area contributed by atoms with Crippen LogP contribution in [0.25, 0.3) is 10.9 Å². The number of benzene rings is 2. The van der Waals surface area contributed by atoms with E-state index in [1.165, 1.54) is 17.2 Å². The first-order valence-corrected chi connectivity index (χ1v) is 12.2. The second-order valence-electron chi connectivity index (χ2n) is 8.73. The number of halogens is 2. The molecule has 1 aliphatic carbocycles. The molecule has 32 heavy (non-hydrogen) atoms. The maximum absolute atomic E-state index is 14.7. The Morgan fingerprint density at radius 1 is 1.03 bits per heavy atom. The summed E-state index contributed by atoms with van der Waals surface area (Å²) >= 11 is 3.44. The summed E-state index contributed by atoms with van der Waals surface area (Å²) in [7, 11) is 0. The van der Waals surface area contributed by atoms with Crippen molar-refractivity contribution in [1.82, 2.24) is 9.66 Å². The molecule has 2 fully saturated rings. The number of hydrogen-bond acceptors (Lipinski definition) is 4. The summed E-state index contributed by atoms with van der Waals surface area (Å²) in [6.07, 6.45) is 9.24. The standard InChI is InChI=1S/C25H26BrFN4O/c26-19-9-10-22-20(15-19)25(32)31(24(29-22)18-6-2-1-3-7-18)28-16-17-8-11-23(21(27)14-17)30-12-4-5-13-30/h8-11,14-16,18H,1-7,12-13H2. The molecule has 0 radical (unpaired) electrons. The van der Waals surface area contributed by atoms with Crippen LogP contribution in [0.5, 0.6) is 0 Å². The number of hydrogen-bond donors (Lipinski definition) is 0. The fourth-order valence-electron chi connectivity index (χ4n) is 4.84. The quantitative estimate of drug-likeness (QED) is 0.427. The summed E-state index contributed by atoms with van der Waals surface area (Å²) in [4.78, 5) is 20.3. The van der Waals surface area contributed by atoms with E-state index in [0.29, 0.717) is 28.0 Å². The molecule has 1 saturated heterocycles. The average Bonchev–Trinajstić information content (AvgIpc) is 3.34.